The van der Waals surface area contributed by atoms with Crippen LogP contribution in [0.25, 0.3) is 10.9 Å². The van der Waals surface area contributed by atoms with E-state index in [2.05, 4.69) is 26.6 Å². The van der Waals surface area contributed by atoms with Crippen molar-refractivity contribution in [1.82, 2.24) is 9.97 Å². The molecule has 7 heteroatoms. The summed E-state index contributed by atoms with van der Waals surface area (Å²) in [5.41, 5.74) is 1.52. The van der Waals surface area contributed by atoms with Crippen LogP contribution in [0.5, 0.6) is 0 Å². The van der Waals surface area contributed by atoms with E-state index in [0.717, 1.165) is 11.1 Å². The lowest BCUT2D eigenvalue weighted by Crippen LogP contribution is -2.14. The Morgan fingerprint density at radius 3 is 2.70 bits per heavy atom. The van der Waals surface area contributed by atoms with E-state index < -0.39 is 10.0 Å². The zero-order valence-electron chi connectivity index (χ0n) is 12.1. The molecule has 6 nitrogen and oxygen atoms in total. The summed E-state index contributed by atoms with van der Waals surface area (Å²) >= 11 is 0. The fraction of sp³-hybridized carbons (Fsp3) is 0. The number of sulfonamides is 1. The van der Waals surface area contributed by atoms with Crippen molar-refractivity contribution >= 4 is 32.4 Å². The molecule has 2 aromatic heterocycles. The summed E-state index contributed by atoms with van der Waals surface area (Å²) in [4.78, 5) is 8.25. The van der Waals surface area contributed by atoms with E-state index in [0.29, 0.717) is 5.52 Å². The maximum Gasteiger partial charge on any atom is 0.264 e. The number of aromatic nitrogens is 2. The van der Waals surface area contributed by atoms with Gasteiger partial charge in [-0.15, -0.1) is 0 Å². The molecule has 0 fully saturated rings. The Kier molecular flexibility index (Phi) is 3.94. The Bertz CT molecular complexity index is 956. The molecule has 0 saturated heterocycles. The van der Waals surface area contributed by atoms with Crippen LogP contribution in [-0.4, -0.2) is 18.4 Å². The molecule has 0 unspecified atom stereocenters. The normalized spacial score (nSPS) is 11.1. The molecule has 1 aromatic carbocycles. The van der Waals surface area contributed by atoms with Crippen LogP contribution in [0.15, 0.2) is 72.5 Å². The van der Waals surface area contributed by atoms with Gasteiger partial charge in [-0.3, -0.25) is 9.71 Å². The minimum absolute atomic E-state index is 0.0870. The topological polar surface area (TPSA) is 84.0 Å². The van der Waals surface area contributed by atoms with Crippen molar-refractivity contribution in [1.29, 1.82) is 0 Å². The molecule has 23 heavy (non-hydrogen) atoms. The van der Waals surface area contributed by atoms with Gasteiger partial charge in [0, 0.05) is 23.5 Å². The summed E-state index contributed by atoms with van der Waals surface area (Å²) in [6.07, 6.45) is 4.38. The third-order valence-corrected chi connectivity index (χ3v) is 4.51. The van der Waals surface area contributed by atoms with Gasteiger partial charge in [0.1, 0.15) is 10.7 Å². The van der Waals surface area contributed by atoms with E-state index in [-0.39, 0.29) is 10.7 Å². The fourth-order valence-electron chi connectivity index (χ4n) is 2.15. The minimum atomic E-state index is -3.71. The molecule has 0 aliphatic rings. The van der Waals surface area contributed by atoms with E-state index in [1.54, 1.807) is 24.4 Å². The maximum absolute atomic E-state index is 12.3. The molecular formula is C16H14N4O2S. The molecule has 0 amide bonds. The smallest absolute Gasteiger partial charge is 0.264 e. The van der Waals surface area contributed by atoms with E-state index in [1.807, 2.05) is 18.2 Å². The molecule has 0 aliphatic heterocycles. The Morgan fingerprint density at radius 2 is 1.96 bits per heavy atom. The van der Waals surface area contributed by atoms with Crippen molar-refractivity contribution in [3.63, 3.8) is 0 Å². The summed E-state index contributed by atoms with van der Waals surface area (Å²) in [5.74, 6) is 0.247. The van der Waals surface area contributed by atoms with Crippen LogP contribution in [0, 0.1) is 0 Å². The molecule has 2 N–H and O–H groups in total. The first-order chi connectivity index (χ1) is 11.1. The lowest BCUT2D eigenvalue weighted by molar-refractivity contribution is 0.600. The van der Waals surface area contributed by atoms with Gasteiger partial charge in [0.2, 0.25) is 0 Å². The van der Waals surface area contributed by atoms with Crippen molar-refractivity contribution in [2.24, 2.45) is 0 Å². The van der Waals surface area contributed by atoms with Gasteiger partial charge in [-0.2, -0.15) is 0 Å². The van der Waals surface area contributed by atoms with Gasteiger partial charge in [0.25, 0.3) is 10.0 Å². The number of anilines is 2. The lowest BCUT2D eigenvalue weighted by Gasteiger charge is -2.09. The molecule has 116 valence electrons. The van der Waals surface area contributed by atoms with Gasteiger partial charge in [-0.1, -0.05) is 12.6 Å². The second-order valence-electron chi connectivity index (χ2n) is 4.71. The Morgan fingerprint density at radius 1 is 1.09 bits per heavy atom. The van der Waals surface area contributed by atoms with Crippen LogP contribution in [0.3, 0.4) is 0 Å². The summed E-state index contributed by atoms with van der Waals surface area (Å²) in [5, 5.41) is 3.89. The maximum atomic E-state index is 12.3. The second kappa shape index (κ2) is 6.05. The second-order valence-corrected chi connectivity index (χ2v) is 6.39. The van der Waals surface area contributed by atoms with Gasteiger partial charge in [0.15, 0.2) is 0 Å². The molecule has 3 rings (SSSR count). The van der Waals surface area contributed by atoms with Gasteiger partial charge >= 0.3 is 0 Å². The van der Waals surface area contributed by atoms with Gasteiger partial charge in [-0.25, -0.2) is 13.4 Å². The molecular weight excluding hydrogens is 312 g/mol. The highest BCUT2D eigenvalue weighted by Gasteiger charge is 2.15. The average Bonchev–Trinajstić information content (AvgIpc) is 2.56. The number of fused-ring (bicyclic) bond motifs is 1. The number of pyridine rings is 2. The number of nitrogens with zero attached hydrogens (tertiary/aromatic N) is 2. The predicted molar refractivity (Wildman–Crippen MR) is 90.6 cm³/mol. The highest BCUT2D eigenvalue weighted by molar-refractivity contribution is 7.92. The van der Waals surface area contributed by atoms with Gasteiger partial charge in [0.05, 0.1) is 5.52 Å². The number of hydrogen-bond donors (Lipinski definition) is 2. The molecule has 0 spiro atoms. The summed E-state index contributed by atoms with van der Waals surface area (Å²) in [7, 11) is -3.71. The summed E-state index contributed by atoms with van der Waals surface area (Å²) in [6, 6.07) is 12.0. The zero-order chi connectivity index (χ0) is 16.3. The van der Waals surface area contributed by atoms with E-state index in [4.69, 9.17) is 0 Å². The van der Waals surface area contributed by atoms with Gasteiger partial charge in [-0.05, 0) is 42.6 Å². The highest BCUT2D eigenvalue weighted by Crippen LogP contribution is 2.24. The SMILES string of the molecule is C=CNc1cccc2nc(NS(=O)(=O)c3cccnc3)ccc12. The quantitative estimate of drug-likeness (QED) is 0.753. The fourth-order valence-corrected chi connectivity index (χ4v) is 3.11. The van der Waals surface area contributed by atoms with Crippen molar-refractivity contribution in [2.75, 3.05) is 10.0 Å². The first-order valence-electron chi connectivity index (χ1n) is 6.80. The molecule has 0 saturated carbocycles. The van der Waals surface area contributed by atoms with Crippen LogP contribution in [-0.2, 0) is 10.0 Å². The van der Waals surface area contributed by atoms with Crippen LogP contribution < -0.4 is 10.0 Å². The molecule has 0 radical (unpaired) electrons. The Hall–Kier alpha value is -2.93. The third kappa shape index (κ3) is 3.14. The number of hydrogen-bond acceptors (Lipinski definition) is 5. The van der Waals surface area contributed by atoms with E-state index in [9.17, 15) is 8.42 Å². The number of benzene rings is 1. The Labute approximate surface area is 134 Å². The van der Waals surface area contributed by atoms with Crippen LogP contribution in [0.4, 0.5) is 11.5 Å². The monoisotopic (exact) mass is 326 g/mol. The molecule has 0 atom stereocenters. The molecule has 3 aromatic rings. The van der Waals surface area contributed by atoms with Crippen LogP contribution in [0.2, 0.25) is 0 Å². The van der Waals surface area contributed by atoms with Gasteiger partial charge < -0.3 is 5.32 Å². The number of nitrogens with one attached hydrogen (secondary N) is 2. The summed E-state index contributed by atoms with van der Waals surface area (Å²) < 4.78 is 27.0. The largest absolute Gasteiger partial charge is 0.362 e. The Balaban J connectivity index is 1.97. The van der Waals surface area contributed by atoms with Crippen molar-refractivity contribution in [3.8, 4) is 0 Å². The highest BCUT2D eigenvalue weighted by atomic mass is 32.2. The molecule has 2 heterocycles. The van der Waals surface area contributed by atoms with Crippen LogP contribution >= 0.6 is 0 Å². The first kappa shape index (κ1) is 15.0. The van der Waals surface area contributed by atoms with E-state index in [1.165, 1.54) is 18.5 Å². The van der Waals surface area contributed by atoms with Crippen molar-refractivity contribution < 1.29 is 8.42 Å². The zero-order valence-corrected chi connectivity index (χ0v) is 12.9. The first-order valence-corrected chi connectivity index (χ1v) is 8.28. The molecule has 0 bridgehead atoms. The van der Waals surface area contributed by atoms with E-state index >= 15 is 0 Å². The number of rotatable bonds is 5. The summed E-state index contributed by atoms with van der Waals surface area (Å²) in [6.45, 7) is 3.63. The standard InChI is InChI=1S/C16H14N4O2S/c1-2-18-14-6-3-7-15-13(14)8-9-16(19-15)20-23(21,22)12-5-4-10-17-11-12/h2-11,18H,1H2,(H,19,20). The third-order valence-electron chi connectivity index (χ3n) is 3.17. The predicted octanol–water partition coefficient (Wildman–Crippen LogP) is 2.99. The van der Waals surface area contributed by atoms with Crippen molar-refractivity contribution in [2.45, 2.75) is 4.90 Å². The average molecular weight is 326 g/mol. The van der Waals surface area contributed by atoms with Crippen molar-refractivity contribution in [3.05, 3.63) is 67.6 Å². The molecule has 0 aliphatic carbocycles. The van der Waals surface area contributed by atoms with Crippen LogP contribution in [0.1, 0.15) is 0 Å². The minimum Gasteiger partial charge on any atom is -0.362 e. The lowest BCUT2D eigenvalue weighted by atomic mass is 10.2.